The fourth-order valence-corrected chi connectivity index (χ4v) is 1.93. The molecule has 20 heavy (non-hydrogen) atoms. The molecule has 2 aromatic rings. The van der Waals surface area contributed by atoms with Crippen molar-refractivity contribution >= 4 is 16.6 Å². The third-order valence-corrected chi connectivity index (χ3v) is 2.98. The van der Waals surface area contributed by atoms with E-state index in [9.17, 15) is 0 Å². The number of hydrogen-bond donors (Lipinski definition) is 1. The van der Waals surface area contributed by atoms with Gasteiger partial charge >= 0.3 is 0 Å². The number of benzene rings is 1. The van der Waals surface area contributed by atoms with E-state index in [2.05, 4.69) is 16.9 Å². The lowest BCUT2D eigenvalue weighted by Crippen LogP contribution is -2.11. The first-order chi connectivity index (χ1) is 9.85. The number of hydrogen-bond acceptors (Lipinski definition) is 4. The molecule has 1 aromatic carbocycles. The second-order valence-corrected chi connectivity index (χ2v) is 4.36. The van der Waals surface area contributed by atoms with Crippen molar-refractivity contribution in [1.82, 2.24) is 4.98 Å². The van der Waals surface area contributed by atoms with Crippen LogP contribution >= 0.6 is 0 Å². The highest BCUT2D eigenvalue weighted by Crippen LogP contribution is 2.25. The van der Waals surface area contributed by atoms with Gasteiger partial charge in [-0.15, -0.1) is 6.58 Å². The molecule has 4 nitrogen and oxygen atoms in total. The number of nitrogens with one attached hydrogen (secondary N) is 1. The maximum atomic E-state index is 5.47. The van der Waals surface area contributed by atoms with Crippen LogP contribution < -0.4 is 10.1 Å². The van der Waals surface area contributed by atoms with Gasteiger partial charge in [0, 0.05) is 18.1 Å². The molecule has 0 amide bonds. The van der Waals surface area contributed by atoms with Gasteiger partial charge in [0.05, 0.1) is 20.3 Å². The lowest BCUT2D eigenvalue weighted by atomic mass is 10.1. The number of nitrogens with zero attached hydrogens (tertiary/aromatic N) is 1. The first kappa shape index (κ1) is 14.3. The van der Waals surface area contributed by atoms with E-state index in [0.29, 0.717) is 13.2 Å². The molecule has 0 aliphatic heterocycles. The molecule has 1 aromatic heterocycles. The summed E-state index contributed by atoms with van der Waals surface area (Å²) in [6.45, 7) is 5.74. The molecule has 1 heterocycles. The van der Waals surface area contributed by atoms with Gasteiger partial charge in [0.25, 0.3) is 0 Å². The van der Waals surface area contributed by atoms with Crippen LogP contribution in [0.4, 0.5) is 5.82 Å². The Morgan fingerprint density at radius 3 is 3.00 bits per heavy atom. The Balaban J connectivity index is 2.00. The third kappa shape index (κ3) is 3.71. The third-order valence-electron chi connectivity index (χ3n) is 2.98. The van der Waals surface area contributed by atoms with Gasteiger partial charge in [-0.3, -0.25) is 0 Å². The molecule has 106 valence electrons. The number of methoxy groups -OCH3 is 1. The maximum Gasteiger partial charge on any atom is 0.134 e. The highest BCUT2D eigenvalue weighted by molar-refractivity contribution is 5.92. The van der Waals surface area contributed by atoms with Crippen LogP contribution in [0.15, 0.2) is 43.1 Å². The van der Waals surface area contributed by atoms with Crippen LogP contribution in [0.25, 0.3) is 10.8 Å². The molecule has 0 saturated heterocycles. The van der Waals surface area contributed by atoms with Crippen LogP contribution in [-0.4, -0.2) is 31.9 Å². The molecule has 0 aliphatic rings. The van der Waals surface area contributed by atoms with Gasteiger partial charge in [-0.25, -0.2) is 4.98 Å². The van der Waals surface area contributed by atoms with Crippen LogP contribution in [0.5, 0.6) is 5.75 Å². The molecular formula is C16H20N2O2. The van der Waals surface area contributed by atoms with Crippen molar-refractivity contribution in [3.8, 4) is 5.75 Å². The zero-order valence-corrected chi connectivity index (χ0v) is 11.8. The van der Waals surface area contributed by atoms with Gasteiger partial charge < -0.3 is 14.8 Å². The molecule has 0 spiro atoms. The van der Waals surface area contributed by atoms with E-state index in [1.165, 1.54) is 0 Å². The molecule has 0 radical (unpaired) electrons. The summed E-state index contributed by atoms with van der Waals surface area (Å²) < 4.78 is 10.7. The minimum atomic E-state index is 0.649. The van der Waals surface area contributed by atoms with Gasteiger partial charge in [-0.2, -0.15) is 0 Å². The van der Waals surface area contributed by atoms with Crippen LogP contribution in [-0.2, 0) is 4.74 Å². The van der Waals surface area contributed by atoms with Crippen molar-refractivity contribution in [2.45, 2.75) is 6.42 Å². The summed E-state index contributed by atoms with van der Waals surface area (Å²) in [4.78, 5) is 4.38. The Hall–Kier alpha value is -2.07. The second kappa shape index (κ2) is 7.50. The first-order valence-corrected chi connectivity index (χ1v) is 6.70. The van der Waals surface area contributed by atoms with Crippen molar-refractivity contribution in [3.05, 3.63) is 43.1 Å². The van der Waals surface area contributed by atoms with Gasteiger partial charge in [-0.1, -0.05) is 12.1 Å². The number of fused-ring (bicyclic) bond motifs is 1. The predicted molar refractivity (Wildman–Crippen MR) is 82.4 cm³/mol. The quantitative estimate of drug-likeness (QED) is 0.592. The van der Waals surface area contributed by atoms with Crippen molar-refractivity contribution in [2.24, 2.45) is 0 Å². The van der Waals surface area contributed by atoms with Gasteiger partial charge in [0.15, 0.2) is 0 Å². The summed E-state index contributed by atoms with van der Waals surface area (Å²) in [5.41, 5.74) is 0. The molecule has 0 bridgehead atoms. The molecule has 4 heteroatoms. The summed E-state index contributed by atoms with van der Waals surface area (Å²) in [6.07, 6.45) is 4.53. The summed E-state index contributed by atoms with van der Waals surface area (Å²) >= 11 is 0. The zero-order valence-electron chi connectivity index (χ0n) is 11.8. The number of rotatable bonds is 8. The highest BCUT2D eigenvalue weighted by Gasteiger charge is 2.03. The Bertz CT molecular complexity index is 569. The van der Waals surface area contributed by atoms with Crippen molar-refractivity contribution < 1.29 is 9.47 Å². The van der Waals surface area contributed by atoms with Gasteiger partial charge in [0.2, 0.25) is 0 Å². The Labute approximate surface area is 119 Å². The SMILES string of the molecule is C=CCCOCCNc1nccc2ccc(OC)cc12. The fourth-order valence-electron chi connectivity index (χ4n) is 1.93. The lowest BCUT2D eigenvalue weighted by Gasteiger charge is -2.10. The number of anilines is 1. The van der Waals surface area contributed by atoms with Crippen molar-refractivity contribution in [2.75, 3.05) is 32.2 Å². The average Bonchev–Trinajstić information content (AvgIpc) is 2.50. The van der Waals surface area contributed by atoms with Crippen LogP contribution in [0, 0.1) is 0 Å². The number of ether oxygens (including phenoxy) is 2. The molecule has 0 fully saturated rings. The van der Waals surface area contributed by atoms with Crippen LogP contribution in [0.1, 0.15) is 6.42 Å². The molecule has 0 unspecified atom stereocenters. The summed E-state index contributed by atoms with van der Waals surface area (Å²) in [5.74, 6) is 1.68. The molecular weight excluding hydrogens is 252 g/mol. The molecule has 0 atom stereocenters. The number of aromatic nitrogens is 1. The van der Waals surface area contributed by atoms with Crippen LogP contribution in [0.2, 0.25) is 0 Å². The summed E-state index contributed by atoms with van der Waals surface area (Å²) in [7, 11) is 1.66. The van der Waals surface area contributed by atoms with Crippen molar-refractivity contribution in [1.29, 1.82) is 0 Å². The largest absolute Gasteiger partial charge is 0.497 e. The van der Waals surface area contributed by atoms with E-state index < -0.39 is 0 Å². The Morgan fingerprint density at radius 1 is 1.30 bits per heavy atom. The zero-order chi connectivity index (χ0) is 14.2. The van der Waals surface area contributed by atoms with E-state index >= 15 is 0 Å². The minimum Gasteiger partial charge on any atom is -0.497 e. The smallest absolute Gasteiger partial charge is 0.134 e. The van der Waals surface area contributed by atoms with E-state index in [0.717, 1.165) is 35.3 Å². The Kier molecular flexibility index (Phi) is 5.38. The molecule has 0 aliphatic carbocycles. The van der Waals surface area contributed by atoms with Crippen LogP contribution in [0.3, 0.4) is 0 Å². The molecule has 0 saturated carbocycles. The van der Waals surface area contributed by atoms with E-state index in [1.54, 1.807) is 13.3 Å². The first-order valence-electron chi connectivity index (χ1n) is 6.70. The van der Waals surface area contributed by atoms with E-state index in [-0.39, 0.29) is 0 Å². The standard InChI is InChI=1S/C16H20N2O2/c1-3-4-10-20-11-9-18-16-15-12-14(19-2)6-5-13(15)7-8-17-16/h3,5-8,12H,1,4,9-11H2,2H3,(H,17,18). The van der Waals surface area contributed by atoms with Gasteiger partial charge in [-0.05, 0) is 30.0 Å². The highest BCUT2D eigenvalue weighted by atomic mass is 16.5. The second-order valence-electron chi connectivity index (χ2n) is 4.36. The number of pyridine rings is 1. The minimum absolute atomic E-state index is 0.649. The summed E-state index contributed by atoms with van der Waals surface area (Å²) in [5, 5.41) is 5.49. The topological polar surface area (TPSA) is 43.4 Å². The van der Waals surface area contributed by atoms with Gasteiger partial charge in [0.1, 0.15) is 11.6 Å². The molecule has 1 N–H and O–H groups in total. The van der Waals surface area contributed by atoms with E-state index in [4.69, 9.17) is 9.47 Å². The predicted octanol–water partition coefficient (Wildman–Crippen LogP) is 3.25. The van der Waals surface area contributed by atoms with Crippen molar-refractivity contribution in [3.63, 3.8) is 0 Å². The average molecular weight is 272 g/mol. The fraction of sp³-hybridized carbons (Fsp3) is 0.312. The van der Waals surface area contributed by atoms with E-state index in [1.807, 2.05) is 30.3 Å². The molecule has 2 rings (SSSR count). The Morgan fingerprint density at radius 2 is 2.20 bits per heavy atom. The lowest BCUT2D eigenvalue weighted by molar-refractivity contribution is 0.149. The maximum absolute atomic E-state index is 5.47. The summed E-state index contributed by atoms with van der Waals surface area (Å²) in [6, 6.07) is 7.95. The monoisotopic (exact) mass is 272 g/mol. The normalized spacial score (nSPS) is 10.4.